The van der Waals surface area contributed by atoms with Crippen molar-refractivity contribution in [3.8, 4) is 0 Å². The largest absolute Gasteiger partial charge is 0.398 e. The van der Waals surface area contributed by atoms with E-state index in [4.69, 9.17) is 10.8 Å². The number of aliphatic hydroxyl groups is 1. The number of aliphatic hydroxyl groups excluding tert-OH is 1. The molecule has 0 saturated carbocycles. The highest BCUT2D eigenvalue weighted by Gasteiger charge is 2.29. The monoisotopic (exact) mass is 286 g/mol. The molecule has 0 amide bonds. The maximum atomic E-state index is 12.3. The first-order valence-electron chi connectivity index (χ1n) is 6.16. The molecular weight excluding hydrogens is 264 g/mol. The summed E-state index contributed by atoms with van der Waals surface area (Å²) >= 11 is 0. The van der Waals surface area contributed by atoms with Gasteiger partial charge in [0.1, 0.15) is 4.90 Å². The molecular formula is C13H22N2O3S. The number of hydrogen-bond donors (Lipinski definition) is 3. The number of nitrogens with two attached hydrogens (primary N) is 1. The van der Waals surface area contributed by atoms with Gasteiger partial charge in [-0.3, -0.25) is 0 Å². The molecule has 4 N–H and O–H groups in total. The van der Waals surface area contributed by atoms with Crippen LogP contribution in [0.1, 0.15) is 27.2 Å². The summed E-state index contributed by atoms with van der Waals surface area (Å²) in [5.74, 6) is 0. The Morgan fingerprint density at radius 3 is 2.37 bits per heavy atom. The first kappa shape index (κ1) is 15.9. The van der Waals surface area contributed by atoms with E-state index in [1.54, 1.807) is 18.2 Å². The smallest absolute Gasteiger partial charge is 0.242 e. The van der Waals surface area contributed by atoms with Gasteiger partial charge >= 0.3 is 0 Å². The van der Waals surface area contributed by atoms with E-state index in [1.807, 2.05) is 20.8 Å². The average molecular weight is 286 g/mol. The SMILES string of the molecule is CC(C)(C)C(CCO)NS(=O)(=O)c1ccccc1N. The summed E-state index contributed by atoms with van der Waals surface area (Å²) < 4.78 is 27.2. The summed E-state index contributed by atoms with van der Waals surface area (Å²) in [5.41, 5.74) is 5.62. The molecule has 0 spiro atoms. The third kappa shape index (κ3) is 4.19. The normalized spacial score (nSPS) is 14.3. The van der Waals surface area contributed by atoms with Gasteiger partial charge in [-0.05, 0) is 24.0 Å². The molecule has 0 aliphatic heterocycles. The standard InChI is InChI=1S/C13H22N2O3S/c1-13(2,3)12(8-9-16)15-19(17,18)11-7-5-4-6-10(11)14/h4-7,12,15-16H,8-9,14H2,1-3H3. The van der Waals surface area contributed by atoms with E-state index in [1.165, 1.54) is 6.07 Å². The van der Waals surface area contributed by atoms with Crippen LogP contribution in [-0.4, -0.2) is 26.2 Å². The van der Waals surface area contributed by atoms with Gasteiger partial charge < -0.3 is 10.8 Å². The summed E-state index contributed by atoms with van der Waals surface area (Å²) in [5, 5.41) is 9.06. The van der Waals surface area contributed by atoms with E-state index in [9.17, 15) is 8.42 Å². The summed E-state index contributed by atoms with van der Waals surface area (Å²) in [6.45, 7) is 5.69. The maximum absolute atomic E-state index is 12.3. The predicted octanol–water partition coefficient (Wildman–Crippen LogP) is 1.34. The van der Waals surface area contributed by atoms with Crippen LogP contribution in [0.4, 0.5) is 5.69 Å². The second-order valence-electron chi connectivity index (χ2n) is 5.59. The van der Waals surface area contributed by atoms with Crippen LogP contribution in [0.3, 0.4) is 0 Å². The predicted molar refractivity (Wildman–Crippen MR) is 76.1 cm³/mol. The second-order valence-corrected chi connectivity index (χ2v) is 7.27. The minimum absolute atomic E-state index is 0.0715. The topological polar surface area (TPSA) is 92.4 Å². The minimum Gasteiger partial charge on any atom is -0.398 e. The molecule has 1 rings (SSSR count). The van der Waals surface area contributed by atoms with Gasteiger partial charge in [-0.25, -0.2) is 13.1 Å². The molecule has 19 heavy (non-hydrogen) atoms. The van der Waals surface area contributed by atoms with E-state index >= 15 is 0 Å². The summed E-state index contributed by atoms with van der Waals surface area (Å²) in [7, 11) is -3.68. The number of benzene rings is 1. The maximum Gasteiger partial charge on any atom is 0.242 e. The van der Waals surface area contributed by atoms with Crippen LogP contribution >= 0.6 is 0 Å². The van der Waals surface area contributed by atoms with Gasteiger partial charge in [0.05, 0.1) is 5.69 Å². The van der Waals surface area contributed by atoms with Gasteiger partial charge in [-0.15, -0.1) is 0 Å². The third-order valence-electron chi connectivity index (χ3n) is 2.97. The summed E-state index contributed by atoms with van der Waals surface area (Å²) in [6.07, 6.45) is 0.357. The van der Waals surface area contributed by atoms with Crippen LogP contribution in [-0.2, 0) is 10.0 Å². The zero-order valence-corrected chi connectivity index (χ0v) is 12.4. The fourth-order valence-electron chi connectivity index (χ4n) is 1.77. The Hall–Kier alpha value is -1.11. The van der Waals surface area contributed by atoms with Crippen molar-refractivity contribution in [3.63, 3.8) is 0 Å². The molecule has 1 aromatic rings. The van der Waals surface area contributed by atoms with E-state index in [0.717, 1.165) is 0 Å². The molecule has 0 aliphatic rings. The molecule has 108 valence electrons. The molecule has 0 bridgehead atoms. The van der Waals surface area contributed by atoms with Crippen LogP contribution in [0.25, 0.3) is 0 Å². The van der Waals surface area contributed by atoms with E-state index < -0.39 is 10.0 Å². The summed E-state index contributed by atoms with van der Waals surface area (Å²) in [6, 6.07) is 5.97. The fourth-order valence-corrected chi connectivity index (χ4v) is 3.38. The van der Waals surface area contributed by atoms with Gasteiger partial charge in [-0.2, -0.15) is 0 Å². The van der Waals surface area contributed by atoms with Crippen molar-refractivity contribution in [2.24, 2.45) is 5.41 Å². The molecule has 0 aliphatic carbocycles. The Bertz CT molecular complexity index is 521. The Morgan fingerprint density at radius 1 is 1.32 bits per heavy atom. The van der Waals surface area contributed by atoms with E-state index in [-0.39, 0.29) is 28.6 Å². The first-order valence-corrected chi connectivity index (χ1v) is 7.64. The molecule has 0 aromatic heterocycles. The third-order valence-corrected chi connectivity index (χ3v) is 4.51. The van der Waals surface area contributed by atoms with Gasteiger partial charge in [0.2, 0.25) is 10.0 Å². The molecule has 0 saturated heterocycles. The van der Waals surface area contributed by atoms with Crippen LogP contribution < -0.4 is 10.5 Å². The van der Waals surface area contributed by atoms with Gasteiger partial charge in [0.25, 0.3) is 0 Å². The highest BCUT2D eigenvalue weighted by Crippen LogP contribution is 2.25. The lowest BCUT2D eigenvalue weighted by Gasteiger charge is -2.31. The van der Waals surface area contributed by atoms with Gasteiger partial charge in [-0.1, -0.05) is 32.9 Å². The molecule has 0 fully saturated rings. The number of para-hydroxylation sites is 1. The quantitative estimate of drug-likeness (QED) is 0.712. The highest BCUT2D eigenvalue weighted by atomic mass is 32.2. The van der Waals surface area contributed by atoms with Crippen LogP contribution in [0, 0.1) is 5.41 Å². The van der Waals surface area contributed by atoms with E-state index in [2.05, 4.69) is 4.72 Å². The minimum atomic E-state index is -3.68. The highest BCUT2D eigenvalue weighted by molar-refractivity contribution is 7.89. The molecule has 6 heteroatoms. The van der Waals surface area contributed by atoms with Crippen molar-refractivity contribution in [1.82, 2.24) is 4.72 Å². The lowest BCUT2D eigenvalue weighted by Crippen LogP contribution is -2.44. The fraction of sp³-hybridized carbons (Fsp3) is 0.538. The van der Waals surface area contributed by atoms with Gasteiger partial charge in [0, 0.05) is 12.6 Å². The Kier molecular flexibility index (Phi) is 4.95. The number of anilines is 1. The van der Waals surface area contributed by atoms with Crippen LogP contribution in [0.2, 0.25) is 0 Å². The zero-order chi connectivity index (χ0) is 14.7. The van der Waals surface area contributed by atoms with Crippen molar-refractivity contribution in [2.75, 3.05) is 12.3 Å². The van der Waals surface area contributed by atoms with Crippen LogP contribution in [0.15, 0.2) is 29.2 Å². The van der Waals surface area contributed by atoms with E-state index in [0.29, 0.717) is 6.42 Å². The number of sulfonamides is 1. The second kappa shape index (κ2) is 5.90. The number of hydrogen-bond acceptors (Lipinski definition) is 4. The van der Waals surface area contributed by atoms with Crippen molar-refractivity contribution in [2.45, 2.75) is 38.1 Å². The lowest BCUT2D eigenvalue weighted by atomic mass is 9.86. The zero-order valence-electron chi connectivity index (χ0n) is 11.6. The molecule has 1 unspecified atom stereocenters. The molecule has 1 atom stereocenters. The summed E-state index contributed by atoms with van der Waals surface area (Å²) in [4.78, 5) is 0.0715. The Morgan fingerprint density at radius 2 is 1.89 bits per heavy atom. The van der Waals surface area contributed by atoms with Crippen LogP contribution in [0.5, 0.6) is 0 Å². The molecule has 0 heterocycles. The number of rotatable bonds is 5. The lowest BCUT2D eigenvalue weighted by molar-refractivity contribution is 0.214. The molecule has 0 radical (unpaired) electrons. The Balaban J connectivity index is 3.05. The average Bonchev–Trinajstić information content (AvgIpc) is 2.27. The first-order chi connectivity index (χ1) is 8.68. The van der Waals surface area contributed by atoms with Crippen molar-refractivity contribution < 1.29 is 13.5 Å². The molecule has 1 aromatic carbocycles. The van der Waals surface area contributed by atoms with Crippen molar-refractivity contribution in [1.29, 1.82) is 0 Å². The number of nitrogen functional groups attached to an aromatic ring is 1. The Labute approximate surface area is 114 Å². The van der Waals surface area contributed by atoms with Gasteiger partial charge in [0.15, 0.2) is 0 Å². The number of nitrogens with one attached hydrogen (secondary N) is 1. The molecule has 5 nitrogen and oxygen atoms in total. The van der Waals surface area contributed by atoms with Crippen molar-refractivity contribution >= 4 is 15.7 Å². The van der Waals surface area contributed by atoms with Crippen molar-refractivity contribution in [3.05, 3.63) is 24.3 Å².